The zero-order valence-corrected chi connectivity index (χ0v) is 15.0. The summed E-state index contributed by atoms with van der Waals surface area (Å²) in [7, 11) is 0. The number of esters is 2. The molecule has 0 saturated heterocycles. The van der Waals surface area contributed by atoms with Gasteiger partial charge in [-0.05, 0) is 12.1 Å². The lowest BCUT2D eigenvalue weighted by Crippen LogP contribution is -2.40. The molecule has 0 saturated carbocycles. The Kier molecular flexibility index (Phi) is 9.08. The molecule has 1 aromatic carbocycles. The van der Waals surface area contributed by atoms with Crippen LogP contribution in [-0.2, 0) is 19.0 Å². The Labute approximate surface area is 159 Å². The fourth-order valence-corrected chi connectivity index (χ4v) is 2.22. The minimum absolute atomic E-state index is 0.0546. The SMILES string of the molecule is C=CCOC(=O)OC(=O)CC(N)C(O)COC(=O)c1c(Cl)cccc1Cl. The summed E-state index contributed by atoms with van der Waals surface area (Å²) in [4.78, 5) is 34.6. The third-order valence-corrected chi connectivity index (χ3v) is 3.59. The number of aliphatic hydroxyl groups excluding tert-OH is 1. The summed E-state index contributed by atoms with van der Waals surface area (Å²) in [5.41, 5.74) is 5.56. The first-order valence-corrected chi connectivity index (χ1v) is 8.05. The standard InChI is InChI=1S/C16H17Cl2NO7/c1-2-6-24-16(23)26-13(21)7-11(19)12(20)8-25-15(22)14-9(17)4-3-5-10(14)18/h2-5,11-12,20H,1,6-8,19H2. The smallest absolute Gasteiger partial charge is 0.459 e. The van der Waals surface area contributed by atoms with Gasteiger partial charge in [-0.15, -0.1) is 0 Å². The monoisotopic (exact) mass is 405 g/mol. The van der Waals surface area contributed by atoms with Crippen LogP contribution >= 0.6 is 23.2 Å². The average Bonchev–Trinajstić information content (AvgIpc) is 2.57. The molecule has 0 aliphatic rings. The summed E-state index contributed by atoms with van der Waals surface area (Å²) in [6.45, 7) is 2.68. The van der Waals surface area contributed by atoms with Gasteiger partial charge in [-0.2, -0.15) is 0 Å². The number of hydrogen-bond donors (Lipinski definition) is 2. The normalized spacial score (nSPS) is 12.6. The Morgan fingerprint density at radius 3 is 2.42 bits per heavy atom. The lowest BCUT2D eigenvalue weighted by Gasteiger charge is -2.18. The summed E-state index contributed by atoms with van der Waals surface area (Å²) >= 11 is 11.7. The van der Waals surface area contributed by atoms with Gasteiger partial charge in [-0.25, -0.2) is 9.59 Å². The third kappa shape index (κ3) is 7.01. The number of aliphatic hydroxyl groups is 1. The summed E-state index contributed by atoms with van der Waals surface area (Å²) in [5.74, 6) is -1.87. The fraction of sp³-hybridized carbons (Fsp3) is 0.312. The van der Waals surface area contributed by atoms with E-state index in [4.69, 9.17) is 33.7 Å². The van der Waals surface area contributed by atoms with Crippen molar-refractivity contribution in [2.75, 3.05) is 13.2 Å². The average molecular weight is 406 g/mol. The first kappa shape index (κ1) is 21.9. The van der Waals surface area contributed by atoms with Gasteiger partial charge in [0, 0.05) is 6.04 Å². The summed E-state index contributed by atoms with van der Waals surface area (Å²) in [6.07, 6.45) is -1.82. The first-order valence-electron chi connectivity index (χ1n) is 7.29. The second-order valence-electron chi connectivity index (χ2n) is 4.95. The number of rotatable bonds is 8. The Morgan fingerprint density at radius 1 is 1.23 bits per heavy atom. The Balaban J connectivity index is 2.48. The quantitative estimate of drug-likeness (QED) is 0.382. The van der Waals surface area contributed by atoms with E-state index in [0.29, 0.717) is 0 Å². The van der Waals surface area contributed by atoms with Crippen molar-refractivity contribution in [1.29, 1.82) is 0 Å². The van der Waals surface area contributed by atoms with Crippen LogP contribution < -0.4 is 5.73 Å². The lowest BCUT2D eigenvalue weighted by atomic mass is 10.1. The van der Waals surface area contributed by atoms with Crippen LogP contribution in [0.5, 0.6) is 0 Å². The second kappa shape index (κ2) is 10.8. The van der Waals surface area contributed by atoms with Gasteiger partial charge >= 0.3 is 18.1 Å². The van der Waals surface area contributed by atoms with Gasteiger partial charge in [0.15, 0.2) is 0 Å². The Hall–Kier alpha value is -2.13. The summed E-state index contributed by atoms with van der Waals surface area (Å²) < 4.78 is 13.7. The molecule has 8 nitrogen and oxygen atoms in total. The Bertz CT molecular complexity index is 660. The van der Waals surface area contributed by atoms with E-state index in [1.165, 1.54) is 18.2 Å². The molecule has 0 heterocycles. The van der Waals surface area contributed by atoms with E-state index in [2.05, 4.69) is 16.1 Å². The van der Waals surface area contributed by atoms with Gasteiger partial charge in [0.05, 0.1) is 22.0 Å². The van der Waals surface area contributed by atoms with Crippen molar-refractivity contribution in [1.82, 2.24) is 0 Å². The molecule has 0 amide bonds. The molecule has 0 bridgehead atoms. The molecule has 0 fully saturated rings. The van der Waals surface area contributed by atoms with Gasteiger partial charge in [-0.3, -0.25) is 4.79 Å². The van der Waals surface area contributed by atoms with Crippen molar-refractivity contribution >= 4 is 41.3 Å². The van der Waals surface area contributed by atoms with E-state index in [-0.39, 0.29) is 22.2 Å². The van der Waals surface area contributed by atoms with Crippen LogP contribution in [0.1, 0.15) is 16.8 Å². The van der Waals surface area contributed by atoms with E-state index in [1.807, 2.05) is 0 Å². The predicted octanol–water partition coefficient (Wildman–Crippen LogP) is 2.09. The highest BCUT2D eigenvalue weighted by molar-refractivity contribution is 6.39. The molecule has 2 atom stereocenters. The minimum atomic E-state index is -1.39. The molecule has 2 unspecified atom stereocenters. The number of halogens is 2. The maximum atomic E-state index is 12.0. The van der Waals surface area contributed by atoms with Gasteiger partial charge in [0.1, 0.15) is 19.3 Å². The molecule has 0 aliphatic carbocycles. The topological polar surface area (TPSA) is 125 Å². The third-order valence-electron chi connectivity index (χ3n) is 2.96. The van der Waals surface area contributed by atoms with Crippen molar-refractivity contribution in [2.24, 2.45) is 5.73 Å². The zero-order valence-electron chi connectivity index (χ0n) is 13.5. The molecule has 1 aromatic rings. The number of ether oxygens (including phenoxy) is 3. The van der Waals surface area contributed by atoms with Crippen molar-refractivity contribution in [2.45, 2.75) is 18.6 Å². The van der Waals surface area contributed by atoms with Crippen LogP contribution in [0.3, 0.4) is 0 Å². The number of carbonyl (C=O) groups is 3. The van der Waals surface area contributed by atoms with E-state index in [0.717, 1.165) is 0 Å². The number of hydrogen-bond acceptors (Lipinski definition) is 8. The van der Waals surface area contributed by atoms with E-state index in [9.17, 15) is 19.5 Å². The predicted molar refractivity (Wildman–Crippen MR) is 93.0 cm³/mol. The maximum Gasteiger partial charge on any atom is 0.516 e. The molecule has 0 aliphatic heterocycles. The summed E-state index contributed by atoms with van der Waals surface area (Å²) in [6, 6.07) is 3.31. The highest BCUT2D eigenvalue weighted by atomic mass is 35.5. The Morgan fingerprint density at radius 2 is 1.85 bits per heavy atom. The fourth-order valence-electron chi connectivity index (χ4n) is 1.67. The van der Waals surface area contributed by atoms with E-state index < -0.39 is 43.3 Å². The first-order chi connectivity index (χ1) is 12.3. The molecule has 0 aromatic heterocycles. The van der Waals surface area contributed by atoms with Gasteiger partial charge in [0.25, 0.3) is 0 Å². The molecule has 1 rings (SSSR count). The van der Waals surface area contributed by atoms with E-state index >= 15 is 0 Å². The highest BCUT2D eigenvalue weighted by Crippen LogP contribution is 2.25. The maximum absolute atomic E-state index is 12.0. The van der Waals surface area contributed by atoms with Gasteiger partial charge in [-0.1, -0.05) is 41.9 Å². The van der Waals surface area contributed by atoms with E-state index in [1.54, 1.807) is 6.07 Å². The summed E-state index contributed by atoms with van der Waals surface area (Å²) in [5, 5.41) is 10.0. The molecule has 0 radical (unpaired) electrons. The van der Waals surface area contributed by atoms with Gasteiger partial charge < -0.3 is 25.1 Å². The van der Waals surface area contributed by atoms with Crippen molar-refractivity contribution in [3.8, 4) is 0 Å². The zero-order chi connectivity index (χ0) is 19.7. The van der Waals surface area contributed by atoms with Gasteiger partial charge in [0.2, 0.25) is 0 Å². The van der Waals surface area contributed by atoms with Crippen LogP contribution in [0, 0.1) is 0 Å². The number of nitrogens with two attached hydrogens (primary N) is 1. The molecule has 142 valence electrons. The molecular formula is C16H17Cl2NO7. The number of carbonyl (C=O) groups excluding carboxylic acids is 3. The largest absolute Gasteiger partial charge is 0.516 e. The lowest BCUT2D eigenvalue weighted by molar-refractivity contribution is -0.140. The van der Waals surface area contributed by atoms with Crippen molar-refractivity contribution in [3.05, 3.63) is 46.5 Å². The van der Waals surface area contributed by atoms with Crippen LogP contribution in [0.15, 0.2) is 30.9 Å². The molecule has 26 heavy (non-hydrogen) atoms. The van der Waals surface area contributed by atoms with Crippen LogP contribution in [0.25, 0.3) is 0 Å². The molecule has 0 spiro atoms. The second-order valence-corrected chi connectivity index (χ2v) is 5.77. The molecular weight excluding hydrogens is 389 g/mol. The minimum Gasteiger partial charge on any atom is -0.459 e. The van der Waals surface area contributed by atoms with Crippen molar-refractivity contribution in [3.63, 3.8) is 0 Å². The number of benzene rings is 1. The molecule has 3 N–H and O–H groups in total. The highest BCUT2D eigenvalue weighted by Gasteiger charge is 2.24. The van der Waals surface area contributed by atoms with Crippen LogP contribution in [0.2, 0.25) is 10.0 Å². The van der Waals surface area contributed by atoms with Crippen LogP contribution in [-0.4, -0.2) is 48.6 Å². The van der Waals surface area contributed by atoms with Crippen LogP contribution in [0.4, 0.5) is 4.79 Å². The van der Waals surface area contributed by atoms with Crippen molar-refractivity contribution < 1.29 is 33.7 Å². The molecule has 10 heteroatoms.